The third kappa shape index (κ3) is 4.05. The normalized spacial score (nSPS) is 16.8. The van der Waals surface area contributed by atoms with E-state index in [0.717, 1.165) is 34.6 Å². The molecule has 144 valence electrons. The topological polar surface area (TPSA) is 78.3 Å². The molecule has 1 saturated carbocycles. The average molecular weight is 388 g/mol. The smallest absolute Gasteiger partial charge is 0.230 e. The molecule has 2 aliphatic rings. The molecular formula is C19H24N4O3S. The summed E-state index contributed by atoms with van der Waals surface area (Å²) in [6.45, 7) is 6.00. The van der Waals surface area contributed by atoms with Crippen LogP contribution in [0.3, 0.4) is 0 Å². The van der Waals surface area contributed by atoms with Gasteiger partial charge in [-0.3, -0.25) is 4.79 Å². The van der Waals surface area contributed by atoms with Crippen LogP contribution in [0.1, 0.15) is 50.0 Å². The Labute approximate surface area is 162 Å². The fraction of sp³-hybridized carbons (Fsp3) is 0.526. The third-order valence-corrected chi connectivity index (χ3v) is 5.75. The number of ether oxygens (including phenoxy) is 2. The van der Waals surface area contributed by atoms with E-state index in [-0.39, 0.29) is 11.9 Å². The van der Waals surface area contributed by atoms with E-state index in [1.54, 1.807) is 0 Å². The quantitative estimate of drug-likeness (QED) is 0.735. The largest absolute Gasteiger partial charge is 0.486 e. The Hall–Kier alpha value is -2.22. The molecule has 27 heavy (non-hydrogen) atoms. The van der Waals surface area contributed by atoms with E-state index in [9.17, 15) is 4.79 Å². The van der Waals surface area contributed by atoms with E-state index in [2.05, 4.69) is 27.0 Å². The van der Waals surface area contributed by atoms with Gasteiger partial charge in [0.05, 0.1) is 11.8 Å². The second-order valence-corrected chi connectivity index (χ2v) is 7.78. The zero-order valence-electron chi connectivity index (χ0n) is 15.6. The monoisotopic (exact) mass is 388 g/mol. The Balaban J connectivity index is 1.34. The fourth-order valence-electron chi connectivity index (χ4n) is 3.17. The first-order chi connectivity index (χ1) is 13.2. The van der Waals surface area contributed by atoms with Gasteiger partial charge < -0.3 is 19.4 Å². The van der Waals surface area contributed by atoms with Crippen LogP contribution in [0, 0.1) is 0 Å². The van der Waals surface area contributed by atoms with Crippen LogP contribution in [0.5, 0.6) is 11.5 Å². The van der Waals surface area contributed by atoms with Crippen molar-refractivity contribution in [1.29, 1.82) is 0 Å². The standard InChI is InChI=1S/C19H24N4O3S/c1-3-23-18(13-4-5-13)21-22-19(23)27-11-17(24)20-12(2)14-6-7-15-16(10-14)26-9-8-25-15/h6-7,10,12-13H,3-5,8-9,11H2,1-2H3,(H,20,24)/t12-/m1/s1. The minimum absolute atomic E-state index is 0.0268. The van der Waals surface area contributed by atoms with Gasteiger partial charge in [-0.2, -0.15) is 0 Å². The fourth-order valence-corrected chi connectivity index (χ4v) is 3.99. The van der Waals surface area contributed by atoms with Gasteiger partial charge in [-0.15, -0.1) is 10.2 Å². The Morgan fingerprint density at radius 3 is 2.81 bits per heavy atom. The molecule has 1 aliphatic carbocycles. The van der Waals surface area contributed by atoms with Crippen LogP contribution in [0.4, 0.5) is 0 Å². The molecule has 0 spiro atoms. The Kier molecular flexibility index (Phi) is 5.24. The van der Waals surface area contributed by atoms with Crippen LogP contribution < -0.4 is 14.8 Å². The number of carbonyl (C=O) groups is 1. The minimum Gasteiger partial charge on any atom is -0.486 e. The molecule has 8 heteroatoms. The highest BCUT2D eigenvalue weighted by Crippen LogP contribution is 2.40. The number of benzene rings is 1. The van der Waals surface area contributed by atoms with Gasteiger partial charge in [0.25, 0.3) is 0 Å². The van der Waals surface area contributed by atoms with E-state index in [1.165, 1.54) is 24.6 Å². The second kappa shape index (κ2) is 7.80. The maximum absolute atomic E-state index is 12.4. The van der Waals surface area contributed by atoms with Crippen molar-refractivity contribution in [2.24, 2.45) is 0 Å². The molecule has 7 nitrogen and oxygen atoms in total. The molecule has 0 radical (unpaired) electrons. The lowest BCUT2D eigenvalue weighted by Gasteiger charge is -2.21. The number of nitrogens with zero attached hydrogens (tertiary/aromatic N) is 3. The lowest BCUT2D eigenvalue weighted by Crippen LogP contribution is -2.28. The molecule has 0 bridgehead atoms. The van der Waals surface area contributed by atoms with E-state index in [1.807, 2.05) is 25.1 Å². The van der Waals surface area contributed by atoms with Crippen molar-refractivity contribution in [2.75, 3.05) is 19.0 Å². The summed E-state index contributed by atoms with van der Waals surface area (Å²) >= 11 is 1.44. The van der Waals surface area contributed by atoms with Crippen molar-refractivity contribution in [3.05, 3.63) is 29.6 Å². The molecule has 0 unspecified atom stereocenters. The summed E-state index contributed by atoms with van der Waals surface area (Å²) in [4.78, 5) is 12.4. The highest BCUT2D eigenvalue weighted by Gasteiger charge is 2.30. The summed E-state index contributed by atoms with van der Waals surface area (Å²) in [5.74, 6) is 3.39. The number of carbonyl (C=O) groups excluding carboxylic acids is 1. The molecule has 1 amide bonds. The summed E-state index contributed by atoms with van der Waals surface area (Å²) < 4.78 is 13.3. The molecule has 1 aromatic carbocycles. The molecule has 1 N–H and O–H groups in total. The predicted molar refractivity (Wildman–Crippen MR) is 102 cm³/mol. The lowest BCUT2D eigenvalue weighted by molar-refractivity contribution is -0.119. The number of amides is 1. The minimum atomic E-state index is -0.111. The van der Waals surface area contributed by atoms with E-state index < -0.39 is 0 Å². The molecular weight excluding hydrogens is 364 g/mol. The van der Waals surface area contributed by atoms with E-state index in [0.29, 0.717) is 24.9 Å². The van der Waals surface area contributed by atoms with Crippen molar-refractivity contribution in [3.8, 4) is 11.5 Å². The highest BCUT2D eigenvalue weighted by molar-refractivity contribution is 7.99. The van der Waals surface area contributed by atoms with Crippen LogP contribution in [0.25, 0.3) is 0 Å². The van der Waals surface area contributed by atoms with Crippen LogP contribution in [-0.2, 0) is 11.3 Å². The van der Waals surface area contributed by atoms with Gasteiger partial charge in [-0.05, 0) is 44.4 Å². The summed E-state index contributed by atoms with van der Waals surface area (Å²) in [6.07, 6.45) is 2.38. The SMILES string of the molecule is CCn1c(SCC(=O)N[C@H](C)c2ccc3c(c2)OCCO3)nnc1C1CC1. The van der Waals surface area contributed by atoms with E-state index >= 15 is 0 Å². The van der Waals surface area contributed by atoms with Crippen molar-refractivity contribution < 1.29 is 14.3 Å². The first-order valence-electron chi connectivity index (χ1n) is 9.40. The molecule has 4 rings (SSSR count). The number of hydrogen-bond donors (Lipinski definition) is 1. The van der Waals surface area contributed by atoms with Crippen LogP contribution >= 0.6 is 11.8 Å². The summed E-state index contributed by atoms with van der Waals surface area (Å²) in [5.41, 5.74) is 0.991. The molecule has 1 aliphatic heterocycles. The number of nitrogens with one attached hydrogen (secondary N) is 1. The van der Waals surface area contributed by atoms with Crippen molar-refractivity contribution in [2.45, 2.75) is 50.4 Å². The molecule has 2 heterocycles. The van der Waals surface area contributed by atoms with Crippen molar-refractivity contribution in [1.82, 2.24) is 20.1 Å². The zero-order chi connectivity index (χ0) is 18.8. The number of fused-ring (bicyclic) bond motifs is 1. The predicted octanol–water partition coefficient (Wildman–Crippen LogP) is 2.92. The summed E-state index contributed by atoms with van der Waals surface area (Å²) in [5, 5.41) is 12.4. The van der Waals surface area contributed by atoms with Crippen LogP contribution in [0.15, 0.2) is 23.4 Å². The molecule has 1 aromatic heterocycles. The van der Waals surface area contributed by atoms with Gasteiger partial charge in [-0.25, -0.2) is 0 Å². The number of rotatable bonds is 7. The maximum atomic E-state index is 12.4. The molecule has 2 aromatic rings. The second-order valence-electron chi connectivity index (χ2n) is 6.84. The van der Waals surface area contributed by atoms with Crippen LogP contribution in [0.2, 0.25) is 0 Å². The number of hydrogen-bond acceptors (Lipinski definition) is 6. The first kappa shape index (κ1) is 18.2. The summed E-state index contributed by atoms with van der Waals surface area (Å²) in [6, 6.07) is 5.67. The number of thioether (sulfide) groups is 1. The highest BCUT2D eigenvalue weighted by atomic mass is 32.2. The zero-order valence-corrected chi connectivity index (χ0v) is 16.4. The van der Waals surface area contributed by atoms with E-state index in [4.69, 9.17) is 9.47 Å². The Bertz CT molecular complexity index is 834. The van der Waals surface area contributed by atoms with Crippen molar-refractivity contribution >= 4 is 17.7 Å². The van der Waals surface area contributed by atoms with Gasteiger partial charge in [0.15, 0.2) is 16.7 Å². The van der Waals surface area contributed by atoms with Crippen LogP contribution in [-0.4, -0.2) is 39.6 Å². The molecule has 0 saturated heterocycles. The van der Waals surface area contributed by atoms with Gasteiger partial charge in [0.2, 0.25) is 5.91 Å². The van der Waals surface area contributed by atoms with Gasteiger partial charge in [0, 0.05) is 12.5 Å². The summed E-state index contributed by atoms with van der Waals surface area (Å²) in [7, 11) is 0. The first-order valence-corrected chi connectivity index (χ1v) is 10.4. The Morgan fingerprint density at radius 2 is 2.07 bits per heavy atom. The lowest BCUT2D eigenvalue weighted by atomic mass is 10.1. The number of aromatic nitrogens is 3. The van der Waals surface area contributed by atoms with Gasteiger partial charge in [0.1, 0.15) is 19.0 Å². The maximum Gasteiger partial charge on any atom is 0.230 e. The molecule has 1 fully saturated rings. The third-order valence-electron chi connectivity index (χ3n) is 4.78. The van der Waals surface area contributed by atoms with Gasteiger partial charge in [-0.1, -0.05) is 17.8 Å². The Morgan fingerprint density at radius 1 is 1.30 bits per heavy atom. The average Bonchev–Trinajstić information content (AvgIpc) is 3.45. The molecule has 1 atom stereocenters. The van der Waals surface area contributed by atoms with Gasteiger partial charge >= 0.3 is 0 Å². The van der Waals surface area contributed by atoms with Crippen molar-refractivity contribution in [3.63, 3.8) is 0 Å².